The quantitative estimate of drug-likeness (QED) is 0.730. The number of rotatable bonds is 1. The molecule has 0 amide bonds. The van der Waals surface area contributed by atoms with Gasteiger partial charge in [-0.2, -0.15) is 11.8 Å². The maximum atomic E-state index is 3.59. The van der Waals surface area contributed by atoms with Gasteiger partial charge in [-0.1, -0.05) is 0 Å². The minimum atomic E-state index is 0.881. The maximum absolute atomic E-state index is 3.59. The van der Waals surface area contributed by atoms with Crippen molar-refractivity contribution in [1.29, 1.82) is 0 Å². The van der Waals surface area contributed by atoms with E-state index in [2.05, 4.69) is 22.0 Å². The molecule has 3 rings (SSSR count). The Kier molecular flexibility index (Phi) is 3.23. The first-order valence-corrected chi connectivity index (χ1v) is 7.65. The fraction of sp³-hybridized carbons (Fsp3) is 1.00. The third-order valence-corrected chi connectivity index (χ3v) is 5.43. The van der Waals surface area contributed by atoms with Crippen molar-refractivity contribution < 1.29 is 0 Å². The fourth-order valence-corrected chi connectivity index (χ4v) is 4.66. The maximum Gasteiger partial charge on any atom is 0.0263 e. The van der Waals surface area contributed by atoms with Crippen molar-refractivity contribution in [3.8, 4) is 0 Å². The molecule has 3 fully saturated rings. The van der Waals surface area contributed by atoms with E-state index >= 15 is 0 Å². The first-order chi connectivity index (χ1) is 7.45. The van der Waals surface area contributed by atoms with Crippen LogP contribution in [0.15, 0.2) is 0 Å². The predicted molar refractivity (Wildman–Crippen MR) is 66.4 cm³/mol. The molecule has 3 heteroatoms. The van der Waals surface area contributed by atoms with E-state index in [1.54, 1.807) is 0 Å². The van der Waals surface area contributed by atoms with Gasteiger partial charge in [-0.3, -0.25) is 4.90 Å². The molecule has 2 atom stereocenters. The van der Waals surface area contributed by atoms with Gasteiger partial charge in [0.05, 0.1) is 0 Å². The molecule has 0 aromatic carbocycles. The van der Waals surface area contributed by atoms with Gasteiger partial charge in [-0.25, -0.2) is 0 Å². The average molecular weight is 226 g/mol. The first-order valence-electron chi connectivity index (χ1n) is 6.49. The Morgan fingerprint density at radius 3 is 2.80 bits per heavy atom. The van der Waals surface area contributed by atoms with Crippen LogP contribution < -0.4 is 5.32 Å². The fourth-order valence-electron chi connectivity index (χ4n) is 3.57. The molecule has 15 heavy (non-hydrogen) atoms. The SMILES string of the molecule is C1CC2CNCC2N(C2CCSCC2)C1. The van der Waals surface area contributed by atoms with Crippen LogP contribution in [0.4, 0.5) is 0 Å². The molecule has 0 aliphatic carbocycles. The van der Waals surface area contributed by atoms with Crippen LogP contribution in [0.25, 0.3) is 0 Å². The zero-order valence-electron chi connectivity index (χ0n) is 9.45. The lowest BCUT2D eigenvalue weighted by atomic mass is 9.90. The van der Waals surface area contributed by atoms with Crippen LogP contribution in [0.3, 0.4) is 0 Å². The number of fused-ring (bicyclic) bond motifs is 1. The largest absolute Gasteiger partial charge is 0.315 e. The highest BCUT2D eigenvalue weighted by atomic mass is 32.2. The molecule has 3 aliphatic rings. The number of nitrogens with zero attached hydrogens (tertiary/aromatic N) is 1. The molecule has 2 nitrogen and oxygen atoms in total. The van der Waals surface area contributed by atoms with Gasteiger partial charge in [0.25, 0.3) is 0 Å². The van der Waals surface area contributed by atoms with Crippen LogP contribution in [0.1, 0.15) is 25.7 Å². The summed E-state index contributed by atoms with van der Waals surface area (Å²) in [7, 11) is 0. The molecule has 0 saturated carbocycles. The highest BCUT2D eigenvalue weighted by Crippen LogP contribution is 2.32. The molecule has 1 N–H and O–H groups in total. The molecule has 3 saturated heterocycles. The van der Waals surface area contributed by atoms with Crippen LogP contribution in [-0.4, -0.2) is 48.1 Å². The van der Waals surface area contributed by atoms with E-state index in [-0.39, 0.29) is 0 Å². The Morgan fingerprint density at radius 1 is 1.07 bits per heavy atom. The van der Waals surface area contributed by atoms with Gasteiger partial charge in [-0.15, -0.1) is 0 Å². The summed E-state index contributed by atoms with van der Waals surface area (Å²) in [6.45, 7) is 3.91. The number of hydrogen-bond donors (Lipinski definition) is 1. The van der Waals surface area contributed by atoms with Gasteiger partial charge in [0.2, 0.25) is 0 Å². The van der Waals surface area contributed by atoms with Crippen LogP contribution >= 0.6 is 11.8 Å². The Balaban J connectivity index is 1.67. The second-order valence-corrected chi connectivity index (χ2v) is 6.43. The molecule has 0 spiro atoms. The molecule has 0 bridgehead atoms. The molecular formula is C12H22N2S. The van der Waals surface area contributed by atoms with Gasteiger partial charge < -0.3 is 5.32 Å². The summed E-state index contributed by atoms with van der Waals surface area (Å²) in [6.07, 6.45) is 5.78. The van der Waals surface area contributed by atoms with Crippen molar-refractivity contribution in [1.82, 2.24) is 10.2 Å². The second-order valence-electron chi connectivity index (χ2n) is 5.21. The van der Waals surface area contributed by atoms with Crippen LogP contribution in [-0.2, 0) is 0 Å². The van der Waals surface area contributed by atoms with E-state index in [4.69, 9.17) is 0 Å². The molecule has 0 aromatic rings. The van der Waals surface area contributed by atoms with Gasteiger partial charge in [0, 0.05) is 18.6 Å². The summed E-state index contributed by atoms with van der Waals surface area (Å²) in [5, 5.41) is 3.59. The monoisotopic (exact) mass is 226 g/mol. The van der Waals surface area contributed by atoms with Crippen molar-refractivity contribution in [2.75, 3.05) is 31.1 Å². The predicted octanol–water partition coefficient (Wildman–Crippen LogP) is 1.57. The van der Waals surface area contributed by atoms with E-state index in [1.165, 1.54) is 56.8 Å². The van der Waals surface area contributed by atoms with E-state index in [1.807, 2.05) is 0 Å². The van der Waals surface area contributed by atoms with Crippen LogP contribution in [0.5, 0.6) is 0 Å². The second kappa shape index (κ2) is 4.64. The summed E-state index contributed by atoms with van der Waals surface area (Å²) < 4.78 is 0. The van der Waals surface area contributed by atoms with Crippen molar-refractivity contribution >= 4 is 11.8 Å². The van der Waals surface area contributed by atoms with Gasteiger partial charge in [0.1, 0.15) is 0 Å². The molecule has 2 unspecified atom stereocenters. The molecular weight excluding hydrogens is 204 g/mol. The Morgan fingerprint density at radius 2 is 1.93 bits per heavy atom. The van der Waals surface area contributed by atoms with Gasteiger partial charge in [0.15, 0.2) is 0 Å². The molecule has 86 valence electrons. The number of thioether (sulfide) groups is 1. The highest BCUT2D eigenvalue weighted by molar-refractivity contribution is 7.99. The van der Waals surface area contributed by atoms with Crippen molar-refractivity contribution in [2.45, 2.75) is 37.8 Å². The third kappa shape index (κ3) is 2.06. The van der Waals surface area contributed by atoms with E-state index < -0.39 is 0 Å². The Labute approximate surface area is 97.2 Å². The lowest BCUT2D eigenvalue weighted by molar-refractivity contribution is 0.0727. The topological polar surface area (TPSA) is 15.3 Å². The summed E-state index contributed by atoms with van der Waals surface area (Å²) in [6, 6.07) is 1.80. The highest BCUT2D eigenvalue weighted by Gasteiger charge is 2.38. The van der Waals surface area contributed by atoms with Gasteiger partial charge in [-0.05, 0) is 56.2 Å². The van der Waals surface area contributed by atoms with E-state index in [9.17, 15) is 0 Å². The van der Waals surface area contributed by atoms with Crippen LogP contribution in [0, 0.1) is 5.92 Å². The van der Waals surface area contributed by atoms with E-state index in [0.29, 0.717) is 0 Å². The Bertz CT molecular complexity index is 216. The Hall–Kier alpha value is 0.270. The van der Waals surface area contributed by atoms with E-state index in [0.717, 1.165) is 18.0 Å². The zero-order chi connectivity index (χ0) is 10.1. The number of nitrogens with one attached hydrogen (secondary N) is 1. The number of likely N-dealkylation sites (tertiary alicyclic amines) is 1. The summed E-state index contributed by atoms with van der Waals surface area (Å²) in [5.41, 5.74) is 0. The smallest absolute Gasteiger partial charge is 0.0263 e. The molecule has 3 heterocycles. The molecule has 0 aromatic heterocycles. The van der Waals surface area contributed by atoms with Gasteiger partial charge >= 0.3 is 0 Å². The summed E-state index contributed by atoms with van der Waals surface area (Å²) in [4.78, 5) is 2.86. The van der Waals surface area contributed by atoms with Crippen molar-refractivity contribution in [3.63, 3.8) is 0 Å². The normalized spacial score (nSPS) is 39.2. The molecule has 0 radical (unpaired) electrons. The lowest BCUT2D eigenvalue weighted by Gasteiger charge is -2.43. The first kappa shape index (κ1) is 10.4. The third-order valence-electron chi connectivity index (χ3n) is 4.38. The summed E-state index contributed by atoms with van der Waals surface area (Å²) >= 11 is 2.15. The minimum Gasteiger partial charge on any atom is -0.315 e. The molecule has 3 aliphatic heterocycles. The standard InChI is InChI=1S/C12H22N2S/c1-2-10-8-13-9-12(10)14(5-1)11-3-6-15-7-4-11/h10-13H,1-9H2. The average Bonchev–Trinajstić information content (AvgIpc) is 2.78. The van der Waals surface area contributed by atoms with Crippen molar-refractivity contribution in [2.24, 2.45) is 5.92 Å². The minimum absolute atomic E-state index is 0.881. The lowest BCUT2D eigenvalue weighted by Crippen LogP contribution is -2.51. The number of hydrogen-bond acceptors (Lipinski definition) is 3. The number of piperidine rings is 1. The zero-order valence-corrected chi connectivity index (χ0v) is 10.3. The van der Waals surface area contributed by atoms with Crippen molar-refractivity contribution in [3.05, 3.63) is 0 Å². The summed E-state index contributed by atoms with van der Waals surface area (Å²) in [5.74, 6) is 3.76. The van der Waals surface area contributed by atoms with Crippen LogP contribution in [0.2, 0.25) is 0 Å².